The van der Waals surface area contributed by atoms with E-state index in [0.29, 0.717) is 25.2 Å². The van der Waals surface area contributed by atoms with Crippen LogP contribution in [0.3, 0.4) is 0 Å². The van der Waals surface area contributed by atoms with Crippen LogP contribution in [0.25, 0.3) is 0 Å². The van der Waals surface area contributed by atoms with Gasteiger partial charge < -0.3 is 9.47 Å². The molecule has 100 valence electrons. The summed E-state index contributed by atoms with van der Waals surface area (Å²) in [6, 6.07) is 6.17. The van der Waals surface area contributed by atoms with Crippen LogP contribution in [-0.2, 0) is 19.4 Å². The second-order valence-corrected chi connectivity index (χ2v) is 5.79. The molecule has 0 N–H and O–H groups in total. The molecule has 0 spiro atoms. The molecule has 0 atom stereocenters. The first-order chi connectivity index (χ1) is 8.43. The van der Waals surface area contributed by atoms with Gasteiger partial charge in [-0.05, 0) is 30.7 Å². The zero-order valence-electron chi connectivity index (χ0n) is 10.4. The van der Waals surface area contributed by atoms with Crippen molar-refractivity contribution in [2.45, 2.75) is 17.7 Å². The van der Waals surface area contributed by atoms with Crippen molar-refractivity contribution in [1.29, 1.82) is 0 Å². The molecular weight excluding hydrogens is 256 g/mol. The Balaban J connectivity index is 2.43. The summed E-state index contributed by atoms with van der Waals surface area (Å²) in [6.07, 6.45) is 2.01. The summed E-state index contributed by atoms with van der Waals surface area (Å²) in [5.74, 6) is 0.304. The fraction of sp³-hybridized carbons (Fsp3) is 0.417. The van der Waals surface area contributed by atoms with Crippen molar-refractivity contribution in [3.8, 4) is 5.75 Å². The molecule has 18 heavy (non-hydrogen) atoms. The molecule has 0 bridgehead atoms. The lowest BCUT2D eigenvalue weighted by atomic mass is 10.3. The predicted octanol–water partition coefficient (Wildman–Crippen LogP) is 1.42. The molecule has 0 heterocycles. The van der Waals surface area contributed by atoms with E-state index in [9.17, 15) is 13.2 Å². The number of hydrogen-bond donors (Lipinski definition) is 0. The maximum Gasteiger partial charge on any atom is 0.305 e. The monoisotopic (exact) mass is 272 g/mol. The number of benzene rings is 1. The topological polar surface area (TPSA) is 69.7 Å². The van der Waals surface area contributed by atoms with Gasteiger partial charge in [0.2, 0.25) is 0 Å². The van der Waals surface area contributed by atoms with Gasteiger partial charge >= 0.3 is 5.97 Å². The summed E-state index contributed by atoms with van der Waals surface area (Å²) in [7, 11) is -1.84. The van der Waals surface area contributed by atoms with Crippen molar-refractivity contribution in [3.05, 3.63) is 24.3 Å². The van der Waals surface area contributed by atoms with Crippen LogP contribution >= 0.6 is 0 Å². The van der Waals surface area contributed by atoms with Crippen molar-refractivity contribution in [3.63, 3.8) is 0 Å². The van der Waals surface area contributed by atoms with Gasteiger partial charge in [-0.25, -0.2) is 8.42 Å². The SMILES string of the molecule is COC(=O)CCCOc1ccc(S(C)(=O)=O)cc1. The van der Waals surface area contributed by atoms with Crippen LogP contribution in [0, 0.1) is 0 Å². The third-order valence-corrected chi connectivity index (χ3v) is 3.40. The van der Waals surface area contributed by atoms with E-state index in [4.69, 9.17) is 4.74 Å². The molecule has 0 radical (unpaired) electrons. The van der Waals surface area contributed by atoms with Gasteiger partial charge in [-0.1, -0.05) is 0 Å². The second-order valence-electron chi connectivity index (χ2n) is 3.77. The highest BCUT2D eigenvalue weighted by Gasteiger charge is 2.06. The molecule has 0 fully saturated rings. The van der Waals surface area contributed by atoms with Gasteiger partial charge in [0.25, 0.3) is 0 Å². The van der Waals surface area contributed by atoms with Gasteiger partial charge in [-0.15, -0.1) is 0 Å². The van der Waals surface area contributed by atoms with Gasteiger partial charge in [-0.3, -0.25) is 4.79 Å². The van der Waals surface area contributed by atoms with Crippen LogP contribution in [0.2, 0.25) is 0 Å². The lowest BCUT2D eigenvalue weighted by molar-refractivity contribution is -0.140. The minimum absolute atomic E-state index is 0.254. The van der Waals surface area contributed by atoms with Crippen LogP contribution < -0.4 is 4.74 Å². The van der Waals surface area contributed by atoms with Crippen LogP contribution in [0.1, 0.15) is 12.8 Å². The van der Waals surface area contributed by atoms with E-state index in [-0.39, 0.29) is 10.9 Å². The van der Waals surface area contributed by atoms with Gasteiger partial charge in [0.05, 0.1) is 18.6 Å². The largest absolute Gasteiger partial charge is 0.494 e. The third-order valence-electron chi connectivity index (χ3n) is 2.27. The molecule has 0 amide bonds. The fourth-order valence-electron chi connectivity index (χ4n) is 1.29. The van der Waals surface area contributed by atoms with Crippen molar-refractivity contribution in [2.24, 2.45) is 0 Å². The molecular formula is C12H16O5S. The van der Waals surface area contributed by atoms with Gasteiger partial charge in [0.15, 0.2) is 9.84 Å². The molecule has 1 aromatic carbocycles. The van der Waals surface area contributed by atoms with Crippen molar-refractivity contribution < 1.29 is 22.7 Å². The highest BCUT2D eigenvalue weighted by Crippen LogP contribution is 2.16. The number of carbonyl (C=O) groups excluding carboxylic acids is 1. The average Bonchev–Trinajstić information content (AvgIpc) is 2.33. The smallest absolute Gasteiger partial charge is 0.305 e. The molecule has 0 aromatic heterocycles. The number of ether oxygens (including phenoxy) is 2. The quantitative estimate of drug-likeness (QED) is 0.578. The minimum atomic E-state index is -3.18. The molecule has 0 unspecified atom stereocenters. The minimum Gasteiger partial charge on any atom is -0.494 e. The Bertz CT molecular complexity index is 490. The number of hydrogen-bond acceptors (Lipinski definition) is 5. The number of sulfone groups is 1. The molecule has 0 aliphatic heterocycles. The van der Waals surface area contributed by atoms with Crippen molar-refractivity contribution in [1.82, 2.24) is 0 Å². The molecule has 0 aliphatic carbocycles. The molecule has 1 aromatic rings. The summed E-state index contributed by atoms with van der Waals surface area (Å²) >= 11 is 0. The average molecular weight is 272 g/mol. The number of methoxy groups -OCH3 is 1. The van der Waals surface area contributed by atoms with Crippen molar-refractivity contribution >= 4 is 15.8 Å². The van der Waals surface area contributed by atoms with Gasteiger partial charge in [-0.2, -0.15) is 0 Å². The van der Waals surface area contributed by atoms with E-state index in [1.165, 1.54) is 19.2 Å². The van der Waals surface area contributed by atoms with E-state index in [2.05, 4.69) is 4.74 Å². The first-order valence-corrected chi connectivity index (χ1v) is 7.32. The first-order valence-electron chi connectivity index (χ1n) is 5.43. The van der Waals surface area contributed by atoms with Crippen molar-refractivity contribution in [2.75, 3.05) is 20.0 Å². The molecule has 0 saturated carbocycles. The van der Waals surface area contributed by atoms with E-state index < -0.39 is 9.84 Å². The maximum absolute atomic E-state index is 11.2. The zero-order valence-corrected chi connectivity index (χ0v) is 11.2. The Morgan fingerprint density at radius 1 is 1.22 bits per heavy atom. The van der Waals surface area contributed by atoms with E-state index >= 15 is 0 Å². The van der Waals surface area contributed by atoms with E-state index in [1.54, 1.807) is 12.1 Å². The fourth-order valence-corrected chi connectivity index (χ4v) is 1.92. The summed E-state index contributed by atoms with van der Waals surface area (Å²) in [6.45, 7) is 0.382. The third kappa shape index (κ3) is 4.75. The highest BCUT2D eigenvalue weighted by molar-refractivity contribution is 7.90. The van der Waals surface area contributed by atoms with Gasteiger partial charge in [0.1, 0.15) is 5.75 Å². The lowest BCUT2D eigenvalue weighted by Gasteiger charge is -2.06. The Hall–Kier alpha value is -1.56. The zero-order chi connectivity index (χ0) is 13.6. The summed E-state index contributed by atoms with van der Waals surface area (Å²) in [5.41, 5.74) is 0. The number of esters is 1. The summed E-state index contributed by atoms with van der Waals surface area (Å²) in [4.78, 5) is 11.1. The summed E-state index contributed by atoms with van der Waals surface area (Å²) in [5, 5.41) is 0. The summed E-state index contributed by atoms with van der Waals surface area (Å²) < 4.78 is 32.3. The standard InChI is InChI=1S/C12H16O5S/c1-16-12(13)4-3-9-17-10-5-7-11(8-6-10)18(2,14)15/h5-8H,3-4,9H2,1-2H3. The maximum atomic E-state index is 11.2. The first kappa shape index (κ1) is 14.5. The lowest BCUT2D eigenvalue weighted by Crippen LogP contribution is -2.04. The van der Waals surface area contributed by atoms with Gasteiger partial charge in [0, 0.05) is 12.7 Å². The number of rotatable bonds is 6. The van der Waals surface area contributed by atoms with Crippen LogP contribution in [0.15, 0.2) is 29.2 Å². The highest BCUT2D eigenvalue weighted by atomic mass is 32.2. The Morgan fingerprint density at radius 2 is 1.83 bits per heavy atom. The van der Waals surface area contributed by atoms with E-state index in [0.717, 1.165) is 6.26 Å². The Kier molecular flexibility index (Phi) is 5.15. The molecule has 1 rings (SSSR count). The Labute approximate surface area is 107 Å². The molecule has 6 heteroatoms. The van der Waals surface area contributed by atoms with Crippen LogP contribution in [0.5, 0.6) is 5.75 Å². The number of carbonyl (C=O) groups is 1. The van der Waals surface area contributed by atoms with Crippen LogP contribution in [-0.4, -0.2) is 34.4 Å². The normalized spacial score (nSPS) is 11.0. The van der Waals surface area contributed by atoms with Crippen LogP contribution in [0.4, 0.5) is 0 Å². The molecule has 0 aliphatic rings. The second kappa shape index (κ2) is 6.39. The predicted molar refractivity (Wildman–Crippen MR) is 66.3 cm³/mol. The van der Waals surface area contributed by atoms with E-state index in [1.807, 2.05) is 0 Å². The Morgan fingerprint density at radius 3 is 2.33 bits per heavy atom. The molecule has 5 nitrogen and oxygen atoms in total. The molecule has 0 saturated heterocycles.